The van der Waals surface area contributed by atoms with Crippen molar-refractivity contribution in [2.45, 2.75) is 31.7 Å². The lowest BCUT2D eigenvalue weighted by Gasteiger charge is -2.40. The molecule has 1 aromatic heterocycles. The summed E-state index contributed by atoms with van der Waals surface area (Å²) in [4.78, 5) is 27.7. The highest BCUT2D eigenvalue weighted by Gasteiger charge is 2.32. The Kier molecular flexibility index (Phi) is 7.85. The number of piperazine rings is 1. The number of piperidine rings is 1. The van der Waals surface area contributed by atoms with Crippen LogP contribution in [-0.2, 0) is 4.79 Å². The third-order valence-corrected chi connectivity index (χ3v) is 8.01. The van der Waals surface area contributed by atoms with Crippen molar-refractivity contribution < 1.29 is 4.79 Å². The molecule has 0 bridgehead atoms. The quantitative estimate of drug-likeness (QED) is 0.553. The second kappa shape index (κ2) is 10.8. The molecule has 3 fully saturated rings. The van der Waals surface area contributed by atoms with Gasteiger partial charge < -0.3 is 15.1 Å². The van der Waals surface area contributed by atoms with Crippen molar-refractivity contribution in [3.05, 3.63) is 22.4 Å². The van der Waals surface area contributed by atoms with E-state index in [9.17, 15) is 4.79 Å². The van der Waals surface area contributed by atoms with E-state index in [0.717, 1.165) is 64.6 Å². The van der Waals surface area contributed by atoms with Crippen LogP contribution < -0.4 is 5.32 Å². The maximum atomic E-state index is 12.4. The van der Waals surface area contributed by atoms with E-state index >= 15 is 0 Å². The highest BCUT2D eigenvalue weighted by atomic mass is 32.1. The van der Waals surface area contributed by atoms with E-state index < -0.39 is 0 Å². The topological polar surface area (TPSA) is 54.4 Å². The summed E-state index contributed by atoms with van der Waals surface area (Å²) in [7, 11) is 4.14. The summed E-state index contributed by atoms with van der Waals surface area (Å²) in [6, 6.07) is 4.94. The molecule has 8 heteroatoms. The number of nitrogens with zero attached hydrogens (tertiary/aromatic N) is 5. The molecular formula is C23H38N6OS. The van der Waals surface area contributed by atoms with E-state index in [-0.39, 0.29) is 0 Å². The van der Waals surface area contributed by atoms with Crippen molar-refractivity contribution in [1.82, 2.24) is 24.9 Å². The fourth-order valence-electron chi connectivity index (χ4n) is 5.31. The molecular weight excluding hydrogens is 408 g/mol. The van der Waals surface area contributed by atoms with Gasteiger partial charge in [-0.25, -0.2) is 0 Å². The lowest BCUT2D eigenvalue weighted by molar-refractivity contribution is -0.131. The number of nitrogens with one attached hydrogen (secondary N) is 1. The summed E-state index contributed by atoms with van der Waals surface area (Å²) in [6.07, 6.45) is 4.83. The average Bonchev–Trinajstić information content (AvgIpc) is 3.50. The van der Waals surface area contributed by atoms with Crippen molar-refractivity contribution >= 4 is 23.2 Å². The van der Waals surface area contributed by atoms with E-state index in [2.05, 4.69) is 49.6 Å². The first-order valence-corrected chi connectivity index (χ1v) is 12.7. The molecule has 7 nitrogen and oxygen atoms in total. The van der Waals surface area contributed by atoms with Crippen LogP contribution in [0, 0.1) is 5.92 Å². The molecule has 2 unspecified atom stereocenters. The summed E-state index contributed by atoms with van der Waals surface area (Å²) in [6.45, 7) is 8.26. The first-order chi connectivity index (χ1) is 15.2. The van der Waals surface area contributed by atoms with Crippen molar-refractivity contribution in [2.24, 2.45) is 10.9 Å². The Hall–Kier alpha value is -1.64. The van der Waals surface area contributed by atoms with Gasteiger partial charge in [0.25, 0.3) is 0 Å². The van der Waals surface area contributed by atoms with Crippen LogP contribution in [0.4, 0.5) is 0 Å². The molecule has 172 valence electrons. The molecule has 1 aromatic rings. The van der Waals surface area contributed by atoms with Crippen LogP contribution in [0.5, 0.6) is 0 Å². The molecule has 0 radical (unpaired) electrons. The van der Waals surface area contributed by atoms with Gasteiger partial charge in [0.15, 0.2) is 5.96 Å². The van der Waals surface area contributed by atoms with Crippen LogP contribution in [0.2, 0.25) is 0 Å². The van der Waals surface area contributed by atoms with Gasteiger partial charge in [-0.15, -0.1) is 11.3 Å². The number of rotatable bonds is 5. The largest absolute Gasteiger partial charge is 0.356 e. The molecule has 4 heterocycles. The Morgan fingerprint density at radius 2 is 1.87 bits per heavy atom. The van der Waals surface area contributed by atoms with Gasteiger partial charge in [0.05, 0.1) is 6.54 Å². The van der Waals surface area contributed by atoms with Gasteiger partial charge in [-0.1, -0.05) is 6.07 Å². The lowest BCUT2D eigenvalue weighted by Crippen LogP contribution is -2.55. The number of aliphatic imine (C=N–C) groups is 1. The average molecular weight is 447 g/mol. The molecule has 1 N–H and O–H groups in total. The van der Waals surface area contributed by atoms with Gasteiger partial charge in [0.1, 0.15) is 0 Å². The highest BCUT2D eigenvalue weighted by molar-refractivity contribution is 7.10. The van der Waals surface area contributed by atoms with Crippen molar-refractivity contribution in [3.63, 3.8) is 0 Å². The molecule has 3 saturated heterocycles. The minimum absolute atomic E-state index is 0.300. The standard InChI is InChI=1S/C23H38N6OS/c1-24-23(25-17-19-7-5-9-26(2)22(19)20-8-6-16-31-20)29-14-12-27(13-15-29)18-21(30)28-10-3-4-11-28/h6,8,16,19,22H,3-5,7,9-15,17-18H2,1-2H3,(H,24,25). The van der Waals surface area contributed by atoms with Crippen molar-refractivity contribution in [1.29, 1.82) is 0 Å². The number of hydrogen-bond acceptors (Lipinski definition) is 5. The van der Waals surface area contributed by atoms with Crippen LogP contribution in [0.1, 0.15) is 36.6 Å². The zero-order valence-corrected chi connectivity index (χ0v) is 19.9. The Labute approximate surface area is 191 Å². The predicted octanol–water partition coefficient (Wildman–Crippen LogP) is 1.95. The molecule has 0 aliphatic carbocycles. The summed E-state index contributed by atoms with van der Waals surface area (Å²) in [5.74, 6) is 1.90. The van der Waals surface area contributed by atoms with Crippen LogP contribution in [0.15, 0.2) is 22.5 Å². The molecule has 31 heavy (non-hydrogen) atoms. The van der Waals surface area contributed by atoms with Gasteiger partial charge in [-0.2, -0.15) is 0 Å². The molecule has 2 atom stereocenters. The third kappa shape index (κ3) is 5.59. The van der Waals surface area contributed by atoms with Crippen LogP contribution in [0.3, 0.4) is 0 Å². The zero-order valence-electron chi connectivity index (χ0n) is 19.1. The highest BCUT2D eigenvalue weighted by Crippen LogP contribution is 2.36. The van der Waals surface area contributed by atoms with Crippen LogP contribution >= 0.6 is 11.3 Å². The summed E-state index contributed by atoms with van der Waals surface area (Å²) in [5.41, 5.74) is 0. The van der Waals surface area contributed by atoms with Crippen molar-refractivity contribution in [2.75, 3.05) is 73.0 Å². The van der Waals surface area contributed by atoms with Crippen molar-refractivity contribution in [3.8, 4) is 0 Å². The third-order valence-electron chi connectivity index (χ3n) is 7.07. The number of carbonyl (C=O) groups excluding carboxylic acids is 1. The fourth-order valence-corrected chi connectivity index (χ4v) is 6.30. The summed E-state index contributed by atoms with van der Waals surface area (Å²) in [5, 5.41) is 5.87. The van der Waals surface area contributed by atoms with E-state index in [0.29, 0.717) is 24.4 Å². The van der Waals surface area contributed by atoms with Crippen LogP contribution in [-0.4, -0.2) is 104 Å². The van der Waals surface area contributed by atoms with E-state index in [1.54, 1.807) is 0 Å². The molecule has 3 aliphatic heterocycles. The van der Waals surface area contributed by atoms with Gasteiger partial charge in [0.2, 0.25) is 5.91 Å². The zero-order chi connectivity index (χ0) is 21.6. The normalized spacial score (nSPS) is 26.5. The number of carbonyl (C=O) groups is 1. The second-order valence-electron chi connectivity index (χ2n) is 9.12. The van der Waals surface area contributed by atoms with Gasteiger partial charge in [0, 0.05) is 63.8 Å². The molecule has 1 amide bonds. The van der Waals surface area contributed by atoms with Gasteiger partial charge >= 0.3 is 0 Å². The Balaban J connectivity index is 1.26. The SMILES string of the molecule is CN=C(NCC1CCCN(C)C1c1cccs1)N1CCN(CC(=O)N2CCCC2)CC1. The van der Waals surface area contributed by atoms with E-state index in [1.165, 1.54) is 24.3 Å². The minimum atomic E-state index is 0.300. The number of hydrogen-bond donors (Lipinski definition) is 1. The van der Waals surface area contributed by atoms with E-state index in [1.807, 2.05) is 23.3 Å². The number of amides is 1. The monoisotopic (exact) mass is 446 g/mol. The lowest BCUT2D eigenvalue weighted by atomic mass is 9.88. The van der Waals surface area contributed by atoms with E-state index in [4.69, 9.17) is 0 Å². The Bertz CT molecular complexity index is 724. The van der Waals surface area contributed by atoms with Gasteiger partial charge in [-0.05, 0) is 56.6 Å². The first kappa shape index (κ1) is 22.6. The number of likely N-dealkylation sites (tertiary alicyclic amines) is 2. The predicted molar refractivity (Wildman–Crippen MR) is 128 cm³/mol. The second-order valence-corrected chi connectivity index (χ2v) is 10.1. The minimum Gasteiger partial charge on any atom is -0.356 e. The summed E-state index contributed by atoms with van der Waals surface area (Å²) >= 11 is 1.87. The first-order valence-electron chi connectivity index (χ1n) is 11.8. The molecule has 0 aromatic carbocycles. The number of thiophene rings is 1. The fraction of sp³-hybridized carbons (Fsp3) is 0.739. The maximum absolute atomic E-state index is 12.4. The van der Waals surface area contributed by atoms with Crippen LogP contribution in [0.25, 0.3) is 0 Å². The number of guanidine groups is 1. The Morgan fingerprint density at radius 3 is 2.55 bits per heavy atom. The maximum Gasteiger partial charge on any atom is 0.236 e. The smallest absolute Gasteiger partial charge is 0.236 e. The molecule has 0 saturated carbocycles. The molecule has 3 aliphatic rings. The van der Waals surface area contributed by atoms with Gasteiger partial charge in [-0.3, -0.25) is 19.6 Å². The Morgan fingerprint density at radius 1 is 1.10 bits per heavy atom. The summed E-state index contributed by atoms with van der Waals surface area (Å²) < 4.78 is 0. The molecule has 0 spiro atoms. The molecule has 4 rings (SSSR count).